The molecule has 1 saturated carbocycles. The van der Waals surface area contributed by atoms with E-state index in [1.165, 1.54) is 19.3 Å². The van der Waals surface area contributed by atoms with Gasteiger partial charge in [-0.15, -0.1) is 0 Å². The number of aromatic hydroxyl groups is 1. The maximum absolute atomic E-state index is 12.3. The molecule has 1 radical (unpaired) electrons. The highest BCUT2D eigenvalue weighted by molar-refractivity contribution is 6.10. The van der Waals surface area contributed by atoms with Crippen LogP contribution in [0.3, 0.4) is 0 Å². The SMILES string of the molecule is C.C.C1CC1.CCCCCC(=O)c1ccc(O)c2ncccc12.CCCCCC(=O)c1ccc(O[CH2][AlH])c2ncccc12.O. The predicted molar refractivity (Wildman–Crippen MR) is 186 cm³/mol. The summed E-state index contributed by atoms with van der Waals surface area (Å²) in [5.41, 5.74) is 3.32. The van der Waals surface area contributed by atoms with Crippen LogP contribution >= 0.6 is 0 Å². The Bertz CT molecular complexity index is 1420. The average Bonchev–Trinajstić information content (AvgIpc) is 3.88. The molecule has 0 bridgehead atoms. The van der Waals surface area contributed by atoms with E-state index in [2.05, 4.69) is 23.8 Å². The largest absolute Gasteiger partial charge is 0.508 e. The van der Waals surface area contributed by atoms with Crippen LogP contribution in [0.5, 0.6) is 11.5 Å². The Labute approximate surface area is 272 Å². The van der Waals surface area contributed by atoms with E-state index in [1.54, 1.807) is 46.9 Å². The molecular formula is C36H52AlN2O5. The van der Waals surface area contributed by atoms with E-state index < -0.39 is 0 Å². The second kappa shape index (κ2) is 22.2. The maximum Gasteiger partial charge on any atom is 0.237 e. The zero-order chi connectivity index (χ0) is 29.5. The van der Waals surface area contributed by atoms with Crippen LogP contribution in [0.2, 0.25) is 0 Å². The summed E-state index contributed by atoms with van der Waals surface area (Å²) < 4.78 is 5.59. The Hall–Kier alpha value is -3.31. The third kappa shape index (κ3) is 12.4. The minimum atomic E-state index is 0. The number of unbranched alkanes of at least 4 members (excludes halogenated alkanes) is 4. The van der Waals surface area contributed by atoms with Gasteiger partial charge in [0.15, 0.2) is 11.6 Å². The smallest absolute Gasteiger partial charge is 0.237 e. The molecule has 0 atom stereocenters. The number of benzene rings is 2. The molecular weight excluding hydrogens is 567 g/mol. The van der Waals surface area contributed by atoms with E-state index in [1.807, 2.05) is 30.3 Å². The van der Waals surface area contributed by atoms with Crippen molar-refractivity contribution >= 4 is 49.7 Å². The Kier molecular flexibility index (Phi) is 20.6. The number of ether oxygens (including phenoxy) is 1. The number of carbonyl (C=O) groups excluding carboxylic acids is 2. The first kappa shape index (κ1) is 40.7. The van der Waals surface area contributed by atoms with E-state index in [4.69, 9.17) is 4.74 Å². The van der Waals surface area contributed by atoms with Crippen LogP contribution in [0.4, 0.5) is 0 Å². The molecule has 7 nitrogen and oxygen atoms in total. The van der Waals surface area contributed by atoms with Crippen molar-refractivity contribution in [3.8, 4) is 11.5 Å². The summed E-state index contributed by atoms with van der Waals surface area (Å²) in [6.07, 6.45) is 15.3. The second-order valence-corrected chi connectivity index (χ2v) is 10.6. The number of carbonyl (C=O) groups is 2. The second-order valence-electron chi connectivity index (χ2n) is 10.2. The van der Waals surface area contributed by atoms with Gasteiger partial charge in [-0.1, -0.05) is 85.8 Å². The van der Waals surface area contributed by atoms with Crippen LogP contribution in [0.15, 0.2) is 60.9 Å². The standard InChI is InChI=1S/C16H18NO2.C15H17NO2.C3H6.2CH4.Al.H2O.H/c1-3-4-5-8-14(18)12-9-10-15(19-2)16-13(12)7-6-11-17-16;1-2-3-4-7-13(17)11-8-9-14(18)15-12(11)6-5-10-16-15;1-2-3-1;;;;;/h6-7,9-11H,2-5,8H2,1H3;5-6,8-10,18H,2-4,7H2,1H3;1-3H2;2*1H4;;1H2;. The lowest BCUT2D eigenvalue weighted by Gasteiger charge is -2.10. The maximum atomic E-state index is 12.3. The molecule has 5 rings (SSSR count). The molecule has 0 aliphatic heterocycles. The number of pyridine rings is 2. The minimum absolute atomic E-state index is 0. The summed E-state index contributed by atoms with van der Waals surface area (Å²) in [6, 6.07) is 14.4. The number of hydrogen-bond acceptors (Lipinski definition) is 6. The highest BCUT2D eigenvalue weighted by Gasteiger charge is 2.14. The fraction of sp³-hybridized carbons (Fsp3) is 0.444. The van der Waals surface area contributed by atoms with Gasteiger partial charge in [-0.2, -0.15) is 0 Å². The number of fused-ring (bicyclic) bond motifs is 2. The van der Waals surface area contributed by atoms with Gasteiger partial charge in [-0.25, -0.2) is 0 Å². The monoisotopic (exact) mass is 619 g/mol. The minimum Gasteiger partial charge on any atom is -0.508 e. The van der Waals surface area contributed by atoms with Crippen molar-refractivity contribution in [1.82, 2.24) is 9.97 Å². The number of nitrogens with zero attached hydrogens (tertiary/aromatic N) is 2. The van der Waals surface area contributed by atoms with Gasteiger partial charge in [-0.3, -0.25) is 19.6 Å². The summed E-state index contributed by atoms with van der Waals surface area (Å²) >= 11 is 1.75. The predicted octanol–water partition coefficient (Wildman–Crippen LogP) is 8.56. The molecule has 2 heterocycles. The number of hydrogen-bond donors (Lipinski definition) is 1. The Morgan fingerprint density at radius 2 is 1.23 bits per heavy atom. The lowest BCUT2D eigenvalue weighted by Crippen LogP contribution is -2.03. The van der Waals surface area contributed by atoms with Gasteiger partial charge >= 0.3 is 0 Å². The Morgan fingerprint density at radius 3 is 1.70 bits per heavy atom. The molecule has 1 fully saturated rings. The molecule has 0 unspecified atom stereocenters. The molecule has 0 amide bonds. The van der Waals surface area contributed by atoms with Crippen molar-refractivity contribution in [1.29, 1.82) is 0 Å². The van der Waals surface area contributed by atoms with Crippen LogP contribution in [0.1, 0.15) is 120 Å². The third-order valence-corrected chi connectivity index (χ3v) is 6.91. The molecule has 4 aromatic rings. The molecule has 0 saturated heterocycles. The molecule has 8 heteroatoms. The molecule has 2 aromatic heterocycles. The fourth-order valence-corrected chi connectivity index (χ4v) is 4.58. The molecule has 239 valence electrons. The number of phenolic OH excluding ortho intramolecular Hbond substituents is 1. The van der Waals surface area contributed by atoms with Crippen molar-refractivity contribution in [2.24, 2.45) is 0 Å². The summed E-state index contributed by atoms with van der Waals surface area (Å²) in [7, 11) is 0. The van der Waals surface area contributed by atoms with Gasteiger partial charge in [0, 0.05) is 52.6 Å². The average molecular weight is 620 g/mol. The lowest BCUT2D eigenvalue weighted by molar-refractivity contribution is 0.0972. The van der Waals surface area contributed by atoms with Gasteiger partial charge in [-0.05, 0) is 49.2 Å². The van der Waals surface area contributed by atoms with Crippen LogP contribution in [0, 0.1) is 0 Å². The summed E-state index contributed by atoms with van der Waals surface area (Å²) in [5.74, 6) is 1.19. The van der Waals surface area contributed by atoms with Crippen molar-refractivity contribution < 1.29 is 24.9 Å². The summed E-state index contributed by atoms with van der Waals surface area (Å²) in [4.78, 5) is 33.0. The van der Waals surface area contributed by atoms with Crippen LogP contribution in [-0.4, -0.2) is 53.9 Å². The summed E-state index contributed by atoms with van der Waals surface area (Å²) in [6.45, 7) is 4.26. The van der Waals surface area contributed by atoms with Gasteiger partial charge in [0.2, 0.25) is 16.3 Å². The van der Waals surface area contributed by atoms with E-state index in [0.29, 0.717) is 29.4 Å². The topological polar surface area (TPSA) is 121 Å². The van der Waals surface area contributed by atoms with Crippen molar-refractivity contribution in [3.63, 3.8) is 0 Å². The van der Waals surface area contributed by atoms with E-state index in [-0.39, 0.29) is 37.6 Å². The molecule has 2 aromatic carbocycles. The number of rotatable bonds is 12. The molecule has 3 N–H and O–H groups in total. The van der Waals surface area contributed by atoms with E-state index in [0.717, 1.165) is 66.1 Å². The quantitative estimate of drug-likeness (QED) is 0.0963. The van der Waals surface area contributed by atoms with Crippen LogP contribution in [-0.2, 0) is 0 Å². The molecule has 44 heavy (non-hydrogen) atoms. The van der Waals surface area contributed by atoms with Gasteiger partial charge < -0.3 is 15.3 Å². The van der Waals surface area contributed by atoms with E-state index >= 15 is 0 Å². The van der Waals surface area contributed by atoms with Crippen molar-refractivity contribution in [3.05, 3.63) is 72.1 Å². The number of Topliss-reactive ketones (excluding diaryl/α,β-unsaturated/α-hetero) is 2. The first-order valence-corrected chi connectivity index (χ1v) is 15.9. The number of aromatic nitrogens is 2. The Morgan fingerprint density at radius 1 is 0.750 bits per heavy atom. The molecule has 0 spiro atoms. The van der Waals surface area contributed by atoms with Crippen LogP contribution < -0.4 is 4.74 Å². The molecule has 1 aliphatic rings. The zero-order valence-electron chi connectivity index (χ0n) is 25.0. The Balaban J connectivity index is 0.000000722. The van der Waals surface area contributed by atoms with Crippen molar-refractivity contribution in [2.45, 2.75) is 99.3 Å². The van der Waals surface area contributed by atoms with Crippen LogP contribution in [0.25, 0.3) is 21.8 Å². The van der Waals surface area contributed by atoms with Gasteiger partial charge in [0.05, 0.1) is 0 Å². The first-order valence-electron chi connectivity index (χ1n) is 14.9. The van der Waals surface area contributed by atoms with Gasteiger partial charge in [0.25, 0.3) is 0 Å². The normalized spacial score (nSPS) is 10.9. The van der Waals surface area contributed by atoms with Crippen molar-refractivity contribution in [2.75, 3.05) is 5.47 Å². The fourth-order valence-electron chi connectivity index (χ4n) is 4.36. The van der Waals surface area contributed by atoms with Gasteiger partial charge in [0.1, 0.15) is 22.5 Å². The number of phenols is 1. The number of ketones is 2. The first-order chi connectivity index (χ1) is 20.0. The van der Waals surface area contributed by atoms with E-state index in [9.17, 15) is 14.7 Å². The highest BCUT2D eigenvalue weighted by atomic mass is 27.0. The summed E-state index contributed by atoms with van der Waals surface area (Å²) in [5, 5.41) is 11.3. The zero-order valence-corrected chi connectivity index (χ0v) is 26.4. The molecule has 1 aliphatic carbocycles. The highest BCUT2D eigenvalue weighted by Crippen LogP contribution is 2.28. The lowest BCUT2D eigenvalue weighted by atomic mass is 10.00. The third-order valence-electron chi connectivity index (χ3n) is 6.71.